The van der Waals surface area contributed by atoms with E-state index in [2.05, 4.69) is 34.8 Å². The Morgan fingerprint density at radius 2 is 2.36 bits per heavy atom. The molecule has 0 spiro atoms. The van der Waals surface area contributed by atoms with E-state index in [1.807, 2.05) is 6.20 Å². The van der Waals surface area contributed by atoms with Crippen LogP contribution in [0.3, 0.4) is 0 Å². The van der Waals surface area contributed by atoms with Crippen LogP contribution in [0.2, 0.25) is 0 Å². The van der Waals surface area contributed by atoms with Gasteiger partial charge in [0.25, 0.3) is 0 Å². The Bertz CT molecular complexity index is 331. The van der Waals surface area contributed by atoms with E-state index in [0.29, 0.717) is 0 Å². The van der Waals surface area contributed by atoms with Crippen molar-refractivity contribution in [2.75, 3.05) is 6.54 Å². The summed E-state index contributed by atoms with van der Waals surface area (Å²) in [6, 6.07) is 0. The summed E-state index contributed by atoms with van der Waals surface area (Å²) in [5.74, 6) is 0. The van der Waals surface area contributed by atoms with Gasteiger partial charge in [-0.1, -0.05) is 0 Å². The highest BCUT2D eigenvalue weighted by Gasteiger charge is 2.21. The lowest BCUT2D eigenvalue weighted by Crippen LogP contribution is -2.29. The molecule has 4 aliphatic heterocycles. The Labute approximate surface area is 65.2 Å². The van der Waals surface area contributed by atoms with E-state index in [4.69, 9.17) is 0 Å². The van der Waals surface area contributed by atoms with Crippen LogP contribution in [0.1, 0.15) is 0 Å². The van der Waals surface area contributed by atoms with Crippen LogP contribution in [0, 0.1) is 0 Å². The SMILES string of the molecule is C1=CC2=C3C=CN(C=C3N1)C2. The maximum Gasteiger partial charge on any atom is 0.0622 e. The van der Waals surface area contributed by atoms with Crippen LogP contribution in [0.5, 0.6) is 0 Å². The van der Waals surface area contributed by atoms with Gasteiger partial charge in [0.15, 0.2) is 0 Å². The molecular formula is C9H8N2. The fourth-order valence-electron chi connectivity index (χ4n) is 1.69. The lowest BCUT2D eigenvalue weighted by molar-refractivity contribution is 0.519. The Hall–Kier alpha value is -1.44. The van der Waals surface area contributed by atoms with Gasteiger partial charge in [0.05, 0.1) is 5.70 Å². The summed E-state index contributed by atoms with van der Waals surface area (Å²) in [5, 5.41) is 3.21. The normalized spacial score (nSPS) is 24.0. The summed E-state index contributed by atoms with van der Waals surface area (Å²) in [7, 11) is 0. The molecule has 4 rings (SSSR count). The lowest BCUT2D eigenvalue weighted by Gasteiger charge is -2.33. The van der Waals surface area contributed by atoms with Crippen LogP contribution >= 0.6 is 0 Å². The Kier molecular flexibility index (Phi) is 0.756. The molecule has 0 aromatic rings. The highest BCUT2D eigenvalue weighted by Crippen LogP contribution is 2.29. The molecule has 4 aliphatic rings. The Morgan fingerprint density at radius 1 is 1.36 bits per heavy atom. The third-order valence-corrected chi connectivity index (χ3v) is 2.24. The number of rotatable bonds is 0. The average molecular weight is 144 g/mol. The highest BCUT2D eigenvalue weighted by molar-refractivity contribution is 5.55. The van der Waals surface area contributed by atoms with Crippen LogP contribution in [0.25, 0.3) is 0 Å². The summed E-state index contributed by atoms with van der Waals surface area (Å²) < 4.78 is 0. The summed E-state index contributed by atoms with van der Waals surface area (Å²) >= 11 is 0. The summed E-state index contributed by atoms with van der Waals surface area (Å²) in [6.07, 6.45) is 10.6. The van der Waals surface area contributed by atoms with Gasteiger partial charge >= 0.3 is 0 Å². The zero-order chi connectivity index (χ0) is 7.26. The van der Waals surface area contributed by atoms with Crippen molar-refractivity contribution >= 4 is 0 Å². The number of hydrogen-bond donors (Lipinski definition) is 1. The van der Waals surface area contributed by atoms with E-state index in [1.54, 1.807) is 0 Å². The minimum absolute atomic E-state index is 1.04. The van der Waals surface area contributed by atoms with Gasteiger partial charge in [-0.05, 0) is 17.7 Å². The minimum atomic E-state index is 1.04. The minimum Gasteiger partial charge on any atom is -0.360 e. The predicted octanol–water partition coefficient (Wildman–Crippen LogP) is 1.08. The van der Waals surface area contributed by atoms with Crippen molar-refractivity contribution in [2.24, 2.45) is 0 Å². The first-order valence-corrected chi connectivity index (χ1v) is 3.76. The largest absolute Gasteiger partial charge is 0.360 e. The molecule has 4 heterocycles. The van der Waals surface area contributed by atoms with Gasteiger partial charge in [-0.3, -0.25) is 0 Å². The second-order valence-corrected chi connectivity index (χ2v) is 2.95. The molecule has 2 nitrogen and oxygen atoms in total. The molecule has 1 N–H and O–H groups in total. The van der Waals surface area contributed by atoms with Crippen LogP contribution < -0.4 is 5.32 Å². The Balaban J connectivity index is 2.27. The van der Waals surface area contributed by atoms with Gasteiger partial charge in [0.2, 0.25) is 0 Å². The van der Waals surface area contributed by atoms with Gasteiger partial charge in [-0.15, -0.1) is 0 Å². The number of nitrogens with zero attached hydrogens (tertiary/aromatic N) is 1. The Morgan fingerprint density at radius 3 is 3.09 bits per heavy atom. The zero-order valence-corrected chi connectivity index (χ0v) is 6.04. The molecule has 4 bridgehead atoms. The first-order chi connectivity index (χ1) is 5.43. The van der Waals surface area contributed by atoms with Gasteiger partial charge in [0, 0.05) is 30.7 Å². The van der Waals surface area contributed by atoms with Crippen LogP contribution in [0.4, 0.5) is 0 Å². The number of allylic oxidation sites excluding steroid dienone is 1. The van der Waals surface area contributed by atoms with Crippen molar-refractivity contribution in [3.8, 4) is 0 Å². The molecule has 54 valence electrons. The van der Waals surface area contributed by atoms with Crippen molar-refractivity contribution in [3.63, 3.8) is 0 Å². The molecule has 11 heavy (non-hydrogen) atoms. The fraction of sp³-hybridized carbons (Fsp3) is 0.111. The van der Waals surface area contributed by atoms with Crippen LogP contribution in [-0.4, -0.2) is 11.4 Å². The van der Waals surface area contributed by atoms with Crippen molar-refractivity contribution in [1.29, 1.82) is 0 Å². The average Bonchev–Trinajstić information content (AvgIpc) is 2.05. The number of nitrogens with one attached hydrogen (secondary N) is 1. The van der Waals surface area contributed by atoms with E-state index in [0.717, 1.165) is 6.54 Å². The van der Waals surface area contributed by atoms with Crippen molar-refractivity contribution < 1.29 is 0 Å². The molecule has 0 aromatic carbocycles. The monoisotopic (exact) mass is 144 g/mol. The van der Waals surface area contributed by atoms with E-state index in [-0.39, 0.29) is 0 Å². The van der Waals surface area contributed by atoms with Gasteiger partial charge in [-0.25, -0.2) is 0 Å². The van der Waals surface area contributed by atoms with Crippen molar-refractivity contribution in [2.45, 2.75) is 0 Å². The third kappa shape index (κ3) is 0.564. The second kappa shape index (κ2) is 1.59. The van der Waals surface area contributed by atoms with E-state index in [1.165, 1.54) is 16.8 Å². The maximum atomic E-state index is 3.21. The smallest absolute Gasteiger partial charge is 0.0622 e. The quantitative estimate of drug-likeness (QED) is 0.547. The van der Waals surface area contributed by atoms with Crippen LogP contribution in [-0.2, 0) is 0 Å². The van der Waals surface area contributed by atoms with Gasteiger partial charge in [-0.2, -0.15) is 0 Å². The molecule has 2 heteroatoms. The molecular weight excluding hydrogens is 136 g/mol. The zero-order valence-electron chi connectivity index (χ0n) is 6.04. The highest BCUT2D eigenvalue weighted by atomic mass is 15.1. The van der Waals surface area contributed by atoms with Crippen LogP contribution in [0.15, 0.2) is 47.6 Å². The van der Waals surface area contributed by atoms with E-state index < -0.39 is 0 Å². The third-order valence-electron chi connectivity index (χ3n) is 2.24. The lowest BCUT2D eigenvalue weighted by atomic mass is 9.96. The molecule has 0 saturated heterocycles. The van der Waals surface area contributed by atoms with Gasteiger partial charge in [0.1, 0.15) is 0 Å². The first kappa shape index (κ1) is 5.24. The van der Waals surface area contributed by atoms with Crippen molar-refractivity contribution in [3.05, 3.63) is 47.6 Å². The second-order valence-electron chi connectivity index (χ2n) is 2.95. The molecule has 0 saturated carbocycles. The van der Waals surface area contributed by atoms with E-state index >= 15 is 0 Å². The summed E-state index contributed by atoms with van der Waals surface area (Å²) in [4.78, 5) is 2.19. The van der Waals surface area contributed by atoms with E-state index in [9.17, 15) is 0 Å². The molecule has 0 aromatic heterocycles. The molecule has 0 amide bonds. The molecule has 0 radical (unpaired) electrons. The molecule has 0 unspecified atom stereocenters. The first-order valence-electron chi connectivity index (χ1n) is 3.76. The number of hydrogen-bond acceptors (Lipinski definition) is 2. The molecule has 0 aliphatic carbocycles. The number of dihydropyridines is 1. The maximum absolute atomic E-state index is 3.21. The summed E-state index contributed by atoms with van der Waals surface area (Å²) in [6.45, 7) is 1.04. The van der Waals surface area contributed by atoms with Gasteiger partial charge < -0.3 is 10.2 Å². The topological polar surface area (TPSA) is 15.3 Å². The standard InChI is InChI=1S/C9H8N2/c1-3-10-9-6-11-4-2-8(9)7(1)5-11/h1-4,6,10H,5H2. The predicted molar refractivity (Wildman–Crippen MR) is 43.2 cm³/mol. The van der Waals surface area contributed by atoms with Crippen molar-refractivity contribution in [1.82, 2.24) is 10.2 Å². The summed E-state index contributed by atoms with van der Waals surface area (Å²) in [5.41, 5.74) is 4.01. The fourth-order valence-corrected chi connectivity index (χ4v) is 1.69. The molecule has 0 atom stereocenters. The molecule has 0 fully saturated rings.